The van der Waals surface area contributed by atoms with Gasteiger partial charge in [0.25, 0.3) is 0 Å². The van der Waals surface area contributed by atoms with E-state index >= 15 is 0 Å². The Hall–Kier alpha value is -0.660. The molecule has 3 nitrogen and oxygen atoms in total. The van der Waals surface area contributed by atoms with Crippen LogP contribution in [0, 0.1) is 0 Å². The van der Waals surface area contributed by atoms with Crippen LogP contribution in [-0.2, 0) is 0 Å². The van der Waals surface area contributed by atoms with Gasteiger partial charge in [0.15, 0.2) is 0 Å². The van der Waals surface area contributed by atoms with Crippen LogP contribution in [0.1, 0.15) is 51.9 Å². The van der Waals surface area contributed by atoms with Gasteiger partial charge in [-0.3, -0.25) is 0 Å². The second-order valence-corrected chi connectivity index (χ2v) is 4.79. The number of likely N-dealkylation sites (N-methyl/N-ethyl adjacent to an activating group) is 1. The number of unbranched alkanes of at least 4 members (excludes halogenated alkanes) is 6. The minimum atomic E-state index is 0.799. The van der Waals surface area contributed by atoms with Gasteiger partial charge in [-0.15, -0.1) is 0 Å². The standard InChI is InChI=1S/C14H29N3/c1-4-5-6-7-8-9-10-11-15-14-16-12-13-17(2)3/h4-13H2,1-3H3. The number of aliphatic imine (C=N–C) groups is 2. The molecule has 0 aromatic carbocycles. The summed E-state index contributed by atoms with van der Waals surface area (Å²) in [6, 6.07) is 2.78. The summed E-state index contributed by atoms with van der Waals surface area (Å²) < 4.78 is 0. The van der Waals surface area contributed by atoms with Gasteiger partial charge < -0.3 is 4.90 Å². The predicted molar refractivity (Wildman–Crippen MR) is 76.1 cm³/mol. The fraction of sp³-hybridized carbons (Fsp3) is 0.929. The molecular formula is C14H29N3. The van der Waals surface area contributed by atoms with E-state index in [9.17, 15) is 0 Å². The zero-order valence-corrected chi connectivity index (χ0v) is 11.9. The first-order valence-corrected chi connectivity index (χ1v) is 7.00. The van der Waals surface area contributed by atoms with Crippen molar-refractivity contribution in [2.45, 2.75) is 51.9 Å². The van der Waals surface area contributed by atoms with E-state index in [1.165, 1.54) is 44.9 Å². The Morgan fingerprint density at radius 1 is 0.824 bits per heavy atom. The molecule has 0 N–H and O–H groups in total. The number of nitrogens with zero attached hydrogens (tertiary/aromatic N) is 3. The minimum Gasteiger partial charge on any atom is -0.308 e. The van der Waals surface area contributed by atoms with Crippen molar-refractivity contribution in [3.63, 3.8) is 0 Å². The maximum absolute atomic E-state index is 4.17. The summed E-state index contributed by atoms with van der Waals surface area (Å²) in [4.78, 5) is 10.4. The molecule has 0 aromatic heterocycles. The average molecular weight is 239 g/mol. The SMILES string of the molecule is CCCCCCCCCN=C=NCCN(C)C. The Morgan fingerprint density at radius 2 is 1.41 bits per heavy atom. The van der Waals surface area contributed by atoms with Crippen LogP contribution < -0.4 is 0 Å². The molecule has 17 heavy (non-hydrogen) atoms. The Morgan fingerprint density at radius 3 is 2.06 bits per heavy atom. The van der Waals surface area contributed by atoms with E-state index in [0.717, 1.165) is 19.6 Å². The molecule has 0 spiro atoms. The molecular weight excluding hydrogens is 210 g/mol. The lowest BCUT2D eigenvalue weighted by molar-refractivity contribution is 0.421. The van der Waals surface area contributed by atoms with Gasteiger partial charge in [0, 0.05) is 13.1 Å². The van der Waals surface area contributed by atoms with Crippen molar-refractivity contribution in [3.8, 4) is 0 Å². The summed E-state index contributed by atoms with van der Waals surface area (Å²) in [5, 5.41) is 0. The summed E-state index contributed by atoms with van der Waals surface area (Å²) in [5.41, 5.74) is 0. The molecule has 0 aliphatic rings. The van der Waals surface area contributed by atoms with Gasteiger partial charge in [-0.1, -0.05) is 45.4 Å². The van der Waals surface area contributed by atoms with Gasteiger partial charge in [-0.05, 0) is 20.5 Å². The predicted octanol–water partition coefficient (Wildman–Crippen LogP) is 3.47. The second-order valence-electron chi connectivity index (χ2n) is 4.79. The zero-order chi connectivity index (χ0) is 12.8. The zero-order valence-electron chi connectivity index (χ0n) is 11.9. The topological polar surface area (TPSA) is 28.0 Å². The van der Waals surface area contributed by atoms with Crippen molar-refractivity contribution < 1.29 is 0 Å². The van der Waals surface area contributed by atoms with Crippen LogP contribution >= 0.6 is 0 Å². The molecule has 100 valence electrons. The summed E-state index contributed by atoms with van der Waals surface area (Å²) >= 11 is 0. The van der Waals surface area contributed by atoms with Crippen LogP contribution in [0.5, 0.6) is 0 Å². The van der Waals surface area contributed by atoms with Crippen molar-refractivity contribution in [2.75, 3.05) is 33.7 Å². The Bertz CT molecular complexity index is 206. The summed E-state index contributed by atoms with van der Waals surface area (Å²) in [7, 11) is 4.09. The summed E-state index contributed by atoms with van der Waals surface area (Å²) in [6.45, 7) is 4.91. The number of rotatable bonds is 11. The van der Waals surface area contributed by atoms with E-state index in [4.69, 9.17) is 0 Å². The molecule has 0 aromatic rings. The highest BCUT2D eigenvalue weighted by molar-refractivity contribution is 5.40. The quantitative estimate of drug-likeness (QED) is 0.401. The molecule has 0 bridgehead atoms. The summed E-state index contributed by atoms with van der Waals surface area (Å²) in [6.07, 6.45) is 9.33. The smallest absolute Gasteiger partial charge is 0.0893 e. The third-order valence-electron chi connectivity index (χ3n) is 2.67. The fourth-order valence-corrected chi connectivity index (χ4v) is 1.55. The van der Waals surface area contributed by atoms with Gasteiger partial charge in [-0.2, -0.15) is 0 Å². The van der Waals surface area contributed by atoms with Crippen molar-refractivity contribution in [1.29, 1.82) is 0 Å². The molecule has 0 aliphatic carbocycles. The monoisotopic (exact) mass is 239 g/mol. The maximum Gasteiger partial charge on any atom is 0.0893 e. The lowest BCUT2D eigenvalue weighted by Crippen LogP contribution is -2.15. The van der Waals surface area contributed by atoms with E-state index in [1.807, 2.05) is 14.1 Å². The lowest BCUT2D eigenvalue weighted by Gasteiger charge is -2.03. The van der Waals surface area contributed by atoms with Gasteiger partial charge in [-0.25, -0.2) is 9.98 Å². The van der Waals surface area contributed by atoms with E-state index in [0.29, 0.717) is 0 Å². The van der Waals surface area contributed by atoms with E-state index in [1.54, 1.807) is 0 Å². The molecule has 0 saturated carbocycles. The average Bonchev–Trinajstić information content (AvgIpc) is 2.30. The van der Waals surface area contributed by atoms with Crippen molar-refractivity contribution in [3.05, 3.63) is 0 Å². The highest BCUT2D eigenvalue weighted by Gasteiger charge is 1.89. The minimum absolute atomic E-state index is 0.799. The molecule has 0 amide bonds. The third-order valence-corrected chi connectivity index (χ3v) is 2.67. The first-order valence-electron chi connectivity index (χ1n) is 7.00. The van der Waals surface area contributed by atoms with Crippen LogP contribution in [0.15, 0.2) is 9.98 Å². The normalized spacial score (nSPS) is 10.4. The Labute approximate surface area is 107 Å². The first kappa shape index (κ1) is 16.3. The van der Waals surface area contributed by atoms with Gasteiger partial charge in [0.05, 0.1) is 12.6 Å². The largest absolute Gasteiger partial charge is 0.308 e. The highest BCUT2D eigenvalue weighted by Crippen LogP contribution is 2.06. The number of hydrogen-bond donors (Lipinski definition) is 0. The van der Waals surface area contributed by atoms with E-state index in [2.05, 4.69) is 27.8 Å². The molecule has 0 rings (SSSR count). The molecule has 0 atom stereocenters. The van der Waals surface area contributed by atoms with Gasteiger partial charge in [0.1, 0.15) is 0 Å². The van der Waals surface area contributed by atoms with Crippen LogP contribution in [0.25, 0.3) is 0 Å². The fourth-order valence-electron chi connectivity index (χ4n) is 1.55. The molecule has 0 aliphatic heterocycles. The molecule has 0 fully saturated rings. The molecule has 3 heteroatoms. The molecule has 0 unspecified atom stereocenters. The van der Waals surface area contributed by atoms with Crippen LogP contribution in [0.3, 0.4) is 0 Å². The van der Waals surface area contributed by atoms with Crippen LogP contribution in [0.2, 0.25) is 0 Å². The molecule has 0 radical (unpaired) electrons. The Kier molecular flexibility index (Phi) is 12.9. The van der Waals surface area contributed by atoms with E-state index < -0.39 is 0 Å². The van der Waals surface area contributed by atoms with Crippen LogP contribution in [-0.4, -0.2) is 44.6 Å². The summed E-state index contributed by atoms with van der Waals surface area (Å²) in [5.74, 6) is 0. The first-order chi connectivity index (χ1) is 8.27. The maximum atomic E-state index is 4.17. The second kappa shape index (κ2) is 13.4. The third kappa shape index (κ3) is 15.3. The molecule has 0 saturated heterocycles. The van der Waals surface area contributed by atoms with Crippen LogP contribution in [0.4, 0.5) is 0 Å². The lowest BCUT2D eigenvalue weighted by atomic mass is 10.1. The van der Waals surface area contributed by atoms with Gasteiger partial charge >= 0.3 is 0 Å². The highest BCUT2D eigenvalue weighted by atomic mass is 15.1. The Balaban J connectivity index is 3.18. The number of hydrogen-bond acceptors (Lipinski definition) is 3. The molecule has 0 heterocycles. The van der Waals surface area contributed by atoms with E-state index in [-0.39, 0.29) is 0 Å². The van der Waals surface area contributed by atoms with Crippen molar-refractivity contribution >= 4 is 6.01 Å². The van der Waals surface area contributed by atoms with Gasteiger partial charge in [0.2, 0.25) is 0 Å². The van der Waals surface area contributed by atoms with Crippen molar-refractivity contribution in [2.24, 2.45) is 9.98 Å². The van der Waals surface area contributed by atoms with Crippen molar-refractivity contribution in [1.82, 2.24) is 4.90 Å².